The molecule has 2 nitrogen and oxygen atoms in total. The van der Waals surface area contributed by atoms with Gasteiger partial charge in [-0.2, -0.15) is 0 Å². The van der Waals surface area contributed by atoms with Crippen molar-refractivity contribution in [1.82, 2.24) is 0 Å². The van der Waals surface area contributed by atoms with Crippen LogP contribution in [0.25, 0.3) is 0 Å². The molecule has 37 heavy (non-hydrogen) atoms. The number of hydrogen-bond donors (Lipinski definition) is 0. The normalized spacial score (nSPS) is 28.4. The van der Waals surface area contributed by atoms with Crippen molar-refractivity contribution in [3.8, 4) is 0 Å². The van der Waals surface area contributed by atoms with E-state index in [9.17, 15) is 0 Å². The van der Waals surface area contributed by atoms with E-state index in [1.54, 1.807) is 11.1 Å². The fraction of sp³-hybridized carbons (Fsp3) is 0.333. The van der Waals surface area contributed by atoms with Gasteiger partial charge in [-0.3, -0.25) is 9.98 Å². The van der Waals surface area contributed by atoms with Crippen LogP contribution in [0.5, 0.6) is 0 Å². The van der Waals surface area contributed by atoms with E-state index in [1.807, 2.05) is 23.5 Å². The molecule has 2 aliphatic heterocycles. The van der Waals surface area contributed by atoms with Crippen LogP contribution in [0.1, 0.15) is 70.2 Å². The molecule has 2 aromatic rings. The molecule has 0 aromatic heterocycles. The first-order valence-corrected chi connectivity index (χ1v) is 15.0. The molecule has 2 aliphatic carbocycles. The summed E-state index contributed by atoms with van der Waals surface area (Å²) in [6.07, 6.45) is 12.8. The van der Waals surface area contributed by atoms with Gasteiger partial charge in [0.2, 0.25) is 0 Å². The van der Waals surface area contributed by atoms with Crippen LogP contribution >= 0.6 is 23.5 Å². The zero-order chi connectivity index (χ0) is 25.6. The molecule has 4 heteroatoms. The molecule has 1 fully saturated rings. The first kappa shape index (κ1) is 24.8. The Labute approximate surface area is 229 Å². The van der Waals surface area contributed by atoms with Gasteiger partial charge >= 0.3 is 0 Å². The highest BCUT2D eigenvalue weighted by Crippen LogP contribution is 2.67. The molecule has 2 heterocycles. The summed E-state index contributed by atoms with van der Waals surface area (Å²) in [5.74, 6) is 0. The van der Waals surface area contributed by atoms with Crippen molar-refractivity contribution in [2.45, 2.75) is 68.5 Å². The van der Waals surface area contributed by atoms with Crippen LogP contribution in [0, 0.1) is 0 Å². The minimum Gasteiger partial charge on any atom is -0.284 e. The highest BCUT2D eigenvalue weighted by Gasteiger charge is 2.59. The summed E-state index contributed by atoms with van der Waals surface area (Å²) in [6.45, 7) is 9.27. The van der Waals surface area contributed by atoms with Crippen molar-refractivity contribution in [3.05, 3.63) is 116 Å². The third-order valence-corrected chi connectivity index (χ3v) is 11.6. The van der Waals surface area contributed by atoms with Crippen molar-refractivity contribution in [2.24, 2.45) is 9.98 Å². The van der Waals surface area contributed by atoms with Crippen molar-refractivity contribution in [2.75, 3.05) is 0 Å². The SMILES string of the molecule is CC(N=CC1=CC2=C3CCCC3=C3C=C(C=NC(C)c4ccccc4)S[C@@]3(C)[C@]2(C)S1)c1ccccc1. The molecule has 0 radical (unpaired) electrons. The number of fused-ring (bicyclic) bond motifs is 4. The molecule has 4 atom stereocenters. The second-order valence-electron chi connectivity index (χ2n) is 10.7. The number of thioether (sulfide) groups is 2. The van der Waals surface area contributed by atoms with E-state index < -0.39 is 0 Å². The molecule has 2 aromatic carbocycles. The number of hydrogen-bond acceptors (Lipinski definition) is 4. The quantitative estimate of drug-likeness (QED) is 0.353. The van der Waals surface area contributed by atoms with Gasteiger partial charge in [0.15, 0.2) is 0 Å². The Morgan fingerprint density at radius 3 is 1.49 bits per heavy atom. The van der Waals surface area contributed by atoms with Crippen LogP contribution in [0.2, 0.25) is 0 Å². The van der Waals surface area contributed by atoms with Gasteiger partial charge in [-0.1, -0.05) is 60.7 Å². The smallest absolute Gasteiger partial charge is 0.0721 e. The zero-order valence-corrected chi connectivity index (χ0v) is 23.7. The minimum absolute atomic E-state index is 0.0232. The fourth-order valence-electron chi connectivity index (χ4n) is 6.13. The van der Waals surface area contributed by atoms with E-state index in [0.29, 0.717) is 0 Å². The van der Waals surface area contributed by atoms with E-state index in [2.05, 4.69) is 113 Å². The predicted octanol–water partition coefficient (Wildman–Crippen LogP) is 9.22. The van der Waals surface area contributed by atoms with Gasteiger partial charge in [0, 0.05) is 22.2 Å². The molecule has 0 saturated heterocycles. The Balaban J connectivity index is 1.29. The minimum atomic E-state index is -0.0232. The molecular weight excluding hydrogens is 489 g/mol. The number of benzene rings is 2. The molecule has 0 N–H and O–H groups in total. The maximum atomic E-state index is 4.96. The van der Waals surface area contributed by atoms with Crippen molar-refractivity contribution in [1.29, 1.82) is 0 Å². The van der Waals surface area contributed by atoms with Crippen molar-refractivity contribution < 1.29 is 0 Å². The van der Waals surface area contributed by atoms with Gasteiger partial charge in [0.05, 0.1) is 21.6 Å². The largest absolute Gasteiger partial charge is 0.284 e. The molecule has 0 bridgehead atoms. The molecule has 0 amide bonds. The summed E-state index contributed by atoms with van der Waals surface area (Å²) in [5.41, 5.74) is 8.75. The summed E-state index contributed by atoms with van der Waals surface area (Å²) >= 11 is 4.01. The first-order valence-electron chi connectivity index (χ1n) is 13.3. The van der Waals surface area contributed by atoms with Gasteiger partial charge in [0.25, 0.3) is 0 Å². The molecular formula is C33H34N2S2. The van der Waals surface area contributed by atoms with E-state index in [-0.39, 0.29) is 21.6 Å². The number of rotatable bonds is 6. The van der Waals surface area contributed by atoms with Crippen molar-refractivity contribution >= 4 is 36.0 Å². The molecule has 1 saturated carbocycles. The highest BCUT2D eigenvalue weighted by molar-refractivity contribution is 8.09. The number of allylic oxidation sites excluding steroid dienone is 6. The Bertz CT molecular complexity index is 1290. The average molecular weight is 523 g/mol. The maximum absolute atomic E-state index is 4.96. The number of aliphatic imine (C=N–C) groups is 2. The van der Waals surface area contributed by atoms with Crippen molar-refractivity contribution in [3.63, 3.8) is 0 Å². The number of nitrogens with zero attached hydrogens (tertiary/aromatic N) is 2. The van der Waals surface area contributed by atoms with Gasteiger partial charge in [-0.05, 0) is 92.5 Å². The van der Waals surface area contributed by atoms with Crippen LogP contribution in [0.4, 0.5) is 0 Å². The lowest BCUT2D eigenvalue weighted by Crippen LogP contribution is -2.47. The summed E-state index contributed by atoms with van der Waals surface area (Å²) < 4.78 is -0.0463. The van der Waals surface area contributed by atoms with Gasteiger partial charge < -0.3 is 0 Å². The van der Waals surface area contributed by atoms with Crippen LogP contribution in [-0.4, -0.2) is 21.9 Å². The monoisotopic (exact) mass is 522 g/mol. The molecule has 0 spiro atoms. The summed E-state index contributed by atoms with van der Waals surface area (Å²) in [6, 6.07) is 21.4. The second-order valence-corrected chi connectivity index (χ2v) is 13.7. The Kier molecular flexibility index (Phi) is 6.45. The summed E-state index contributed by atoms with van der Waals surface area (Å²) in [4.78, 5) is 12.5. The lowest BCUT2D eigenvalue weighted by Gasteiger charge is -2.47. The van der Waals surface area contributed by atoms with Gasteiger partial charge in [-0.15, -0.1) is 23.5 Å². The van der Waals surface area contributed by atoms with Crippen LogP contribution < -0.4 is 0 Å². The predicted molar refractivity (Wildman–Crippen MR) is 163 cm³/mol. The lowest BCUT2D eigenvalue weighted by molar-refractivity contribution is 0.607. The fourth-order valence-corrected chi connectivity index (χ4v) is 9.10. The maximum Gasteiger partial charge on any atom is 0.0721 e. The van der Waals surface area contributed by atoms with E-state index in [1.165, 1.54) is 51.3 Å². The van der Waals surface area contributed by atoms with E-state index in [0.717, 1.165) is 0 Å². The molecule has 6 rings (SSSR count). The lowest BCUT2D eigenvalue weighted by atomic mass is 9.72. The van der Waals surface area contributed by atoms with Crippen LogP contribution in [0.15, 0.2) is 115 Å². The average Bonchev–Trinajstić information content (AvgIpc) is 3.63. The molecule has 2 unspecified atom stereocenters. The third kappa shape index (κ3) is 4.23. The summed E-state index contributed by atoms with van der Waals surface area (Å²) in [5, 5.41) is 0. The first-order chi connectivity index (χ1) is 17.9. The van der Waals surface area contributed by atoms with Gasteiger partial charge in [-0.25, -0.2) is 0 Å². The third-order valence-electron chi connectivity index (χ3n) is 8.44. The van der Waals surface area contributed by atoms with Crippen LogP contribution in [0.3, 0.4) is 0 Å². The summed E-state index contributed by atoms with van der Waals surface area (Å²) in [7, 11) is 0. The standard InChI is InChI=1S/C33H34N2S2/c1-22(24-12-7-5-8-13-24)34-20-26-18-30-28-16-11-17-29(28)31-19-27(37-33(31,4)32(30,3)36-26)21-35-23(2)25-14-9-6-10-15-25/h5-10,12-15,18-23H,11,16-17H2,1-4H3/t22?,23?,32-,33-/m1/s1. The molecule has 4 aliphatic rings. The van der Waals surface area contributed by atoms with Crippen LogP contribution in [-0.2, 0) is 0 Å². The highest BCUT2D eigenvalue weighted by atomic mass is 32.2. The second kappa shape index (κ2) is 9.63. The van der Waals surface area contributed by atoms with E-state index in [4.69, 9.17) is 9.98 Å². The Hall–Kier alpha value is -2.56. The topological polar surface area (TPSA) is 24.7 Å². The Morgan fingerprint density at radius 1 is 0.676 bits per heavy atom. The Morgan fingerprint density at radius 2 is 1.08 bits per heavy atom. The van der Waals surface area contributed by atoms with E-state index >= 15 is 0 Å². The van der Waals surface area contributed by atoms with Gasteiger partial charge in [0.1, 0.15) is 0 Å². The molecule has 188 valence electrons. The zero-order valence-electron chi connectivity index (χ0n) is 22.1.